The van der Waals surface area contributed by atoms with E-state index in [1.54, 1.807) is 12.1 Å². The zero-order chi connectivity index (χ0) is 22.0. The number of carbonyl (C=O) groups excluding carboxylic acids is 1. The van der Waals surface area contributed by atoms with Crippen LogP contribution in [0, 0.1) is 5.82 Å². The minimum atomic E-state index is -1.24. The fourth-order valence-corrected chi connectivity index (χ4v) is 5.06. The molecule has 1 aromatic carbocycles. The molecule has 1 fully saturated rings. The Bertz CT molecular complexity index is 954. The lowest BCUT2D eigenvalue weighted by Gasteiger charge is -2.31. The number of anilines is 2. The van der Waals surface area contributed by atoms with Crippen LogP contribution in [0.15, 0.2) is 29.4 Å². The van der Waals surface area contributed by atoms with E-state index >= 15 is 0 Å². The van der Waals surface area contributed by atoms with Gasteiger partial charge in [0, 0.05) is 38.5 Å². The summed E-state index contributed by atoms with van der Waals surface area (Å²) < 4.78 is 32.5. The topological polar surface area (TPSA) is 81.6 Å². The Morgan fingerprint density at radius 2 is 2.10 bits per heavy atom. The van der Waals surface area contributed by atoms with Gasteiger partial charge in [0.25, 0.3) is 5.24 Å². The molecule has 0 N–H and O–H groups in total. The average molecular weight is 465 g/mol. The maximum atomic E-state index is 14.7. The molecule has 1 atom stereocenters. The number of rotatable bonds is 5. The van der Waals surface area contributed by atoms with Crippen molar-refractivity contribution >= 4 is 39.7 Å². The molecule has 2 aromatic rings. The Hall–Kier alpha value is -2.04. The number of nitrogens with zero attached hydrogens (tertiary/aromatic N) is 4. The van der Waals surface area contributed by atoms with E-state index < -0.39 is 17.0 Å². The van der Waals surface area contributed by atoms with Gasteiger partial charge in [-0.05, 0) is 35.5 Å². The number of benzene rings is 1. The lowest BCUT2D eigenvalue weighted by Crippen LogP contribution is -2.40. The summed E-state index contributed by atoms with van der Waals surface area (Å²) in [5.74, 6) is 1.52. The lowest BCUT2D eigenvalue weighted by atomic mass is 10.1. The van der Waals surface area contributed by atoms with E-state index in [1.165, 1.54) is 30.4 Å². The summed E-state index contributed by atoms with van der Waals surface area (Å²) in [6.45, 7) is 3.89. The van der Waals surface area contributed by atoms with Crippen molar-refractivity contribution in [1.82, 2.24) is 14.9 Å². The van der Waals surface area contributed by atoms with E-state index in [1.807, 2.05) is 16.7 Å². The molecule has 10 heteroatoms. The third-order valence-corrected chi connectivity index (χ3v) is 7.22. The smallest absolute Gasteiger partial charge is 0.281 e. The molecule has 0 aliphatic carbocycles. The Balaban J connectivity index is 1.47. The van der Waals surface area contributed by atoms with Gasteiger partial charge in [-0.15, -0.1) is 0 Å². The molecule has 0 radical (unpaired) electrons. The first-order valence-corrected chi connectivity index (χ1v) is 12.8. The Morgan fingerprint density at radius 3 is 2.77 bits per heavy atom. The average Bonchev–Trinajstić information content (AvgIpc) is 3.19. The van der Waals surface area contributed by atoms with Crippen LogP contribution < -0.4 is 9.64 Å². The second-order valence-corrected chi connectivity index (χ2v) is 10.0. The second kappa shape index (κ2) is 9.62. The minimum Gasteiger partial charge on any atom is -0.612 e. The highest BCUT2D eigenvalue weighted by atomic mass is 32.2. The summed E-state index contributed by atoms with van der Waals surface area (Å²) in [5.41, 5.74) is 1.27. The van der Waals surface area contributed by atoms with Gasteiger partial charge in [-0.1, -0.05) is 18.7 Å². The number of aromatic nitrogens is 2. The van der Waals surface area contributed by atoms with Crippen LogP contribution in [0.4, 0.5) is 20.7 Å². The van der Waals surface area contributed by atoms with E-state index in [0.717, 1.165) is 24.2 Å². The third kappa shape index (κ3) is 4.75. The fourth-order valence-electron chi connectivity index (χ4n) is 3.92. The van der Waals surface area contributed by atoms with Crippen molar-refractivity contribution in [3.05, 3.63) is 35.9 Å². The van der Waals surface area contributed by atoms with Crippen molar-refractivity contribution in [3.63, 3.8) is 0 Å². The Kier molecular flexibility index (Phi) is 6.88. The van der Waals surface area contributed by atoms with E-state index in [9.17, 15) is 13.7 Å². The quantitative estimate of drug-likeness (QED) is 0.623. The van der Waals surface area contributed by atoms with Crippen molar-refractivity contribution in [3.8, 4) is 5.88 Å². The molecule has 31 heavy (non-hydrogen) atoms. The summed E-state index contributed by atoms with van der Waals surface area (Å²) >= 11 is 0.0942. The van der Waals surface area contributed by atoms with Crippen molar-refractivity contribution in [2.24, 2.45) is 0 Å². The maximum absolute atomic E-state index is 14.7. The summed E-state index contributed by atoms with van der Waals surface area (Å²) in [5, 5.41) is 0.125. The molecule has 1 aromatic heterocycles. The standard InChI is InChI=1S/C21H25FN4O3S2/c1-3-30-21(27)25-9-6-14(7-10-25)29-20-16-8-11-26(19(16)23-13-24-20)18-5-4-15(31(2)28)12-17(18)22/h4-5,12-14H,3,6-11H2,1-2H3/t31-/m0/s1. The SMILES string of the molecule is CCSC(=O)N1CCC(Oc2ncnc3c2CCN3c2ccc([S@+](C)[O-])cc2F)CC1. The first-order valence-electron chi connectivity index (χ1n) is 10.3. The molecule has 0 bridgehead atoms. The first kappa shape index (κ1) is 22.2. The Labute approximate surface area is 188 Å². The summed E-state index contributed by atoms with van der Waals surface area (Å²) in [6.07, 6.45) is 5.11. The number of hydrogen-bond acceptors (Lipinski definition) is 7. The van der Waals surface area contributed by atoms with Crippen molar-refractivity contribution in [2.75, 3.05) is 36.5 Å². The van der Waals surface area contributed by atoms with Crippen molar-refractivity contribution in [2.45, 2.75) is 37.2 Å². The number of ether oxygens (including phenoxy) is 1. The highest BCUT2D eigenvalue weighted by Crippen LogP contribution is 2.38. The van der Waals surface area contributed by atoms with Crippen LogP contribution in [0.5, 0.6) is 5.88 Å². The number of hydrogen-bond donors (Lipinski definition) is 0. The van der Waals surface area contributed by atoms with Gasteiger partial charge in [0.15, 0.2) is 10.7 Å². The van der Waals surface area contributed by atoms with Gasteiger partial charge < -0.3 is 19.1 Å². The van der Waals surface area contributed by atoms with Crippen LogP contribution in [-0.4, -0.2) is 62.4 Å². The number of piperidine rings is 1. The van der Waals surface area contributed by atoms with Crippen LogP contribution in [0.25, 0.3) is 0 Å². The monoisotopic (exact) mass is 464 g/mol. The zero-order valence-corrected chi connectivity index (χ0v) is 19.2. The molecule has 166 valence electrons. The van der Waals surface area contributed by atoms with E-state index in [-0.39, 0.29) is 11.3 Å². The highest BCUT2D eigenvalue weighted by Gasteiger charge is 2.30. The first-order chi connectivity index (χ1) is 15.0. The molecule has 0 spiro atoms. The lowest BCUT2D eigenvalue weighted by molar-refractivity contribution is 0.114. The summed E-state index contributed by atoms with van der Waals surface area (Å²) in [4.78, 5) is 24.9. The predicted molar refractivity (Wildman–Crippen MR) is 120 cm³/mol. The minimum absolute atomic E-state index is 0.0146. The molecular formula is C21H25FN4O3S2. The number of carbonyl (C=O) groups is 1. The van der Waals surface area contributed by atoms with Gasteiger partial charge >= 0.3 is 0 Å². The van der Waals surface area contributed by atoms with Crippen molar-refractivity contribution in [1.29, 1.82) is 0 Å². The normalized spacial score (nSPS) is 17.5. The number of fused-ring (bicyclic) bond motifs is 1. The number of amides is 1. The fraction of sp³-hybridized carbons (Fsp3) is 0.476. The molecule has 3 heterocycles. The number of halogens is 1. The van der Waals surface area contributed by atoms with Crippen LogP contribution in [0.1, 0.15) is 25.3 Å². The van der Waals surface area contributed by atoms with Crippen LogP contribution >= 0.6 is 11.8 Å². The zero-order valence-electron chi connectivity index (χ0n) is 17.5. The molecule has 2 aliphatic heterocycles. The Morgan fingerprint density at radius 1 is 1.32 bits per heavy atom. The van der Waals surface area contributed by atoms with E-state index in [2.05, 4.69) is 9.97 Å². The maximum Gasteiger partial charge on any atom is 0.281 e. The van der Waals surface area contributed by atoms with Gasteiger partial charge in [-0.2, -0.15) is 0 Å². The van der Waals surface area contributed by atoms with Crippen LogP contribution in [0.3, 0.4) is 0 Å². The number of thioether (sulfide) groups is 1. The van der Waals surface area contributed by atoms with Gasteiger partial charge in [-0.25, -0.2) is 14.4 Å². The van der Waals surface area contributed by atoms with Crippen LogP contribution in [-0.2, 0) is 17.6 Å². The van der Waals surface area contributed by atoms with Gasteiger partial charge in [0.05, 0.1) is 11.3 Å². The van der Waals surface area contributed by atoms with Gasteiger partial charge in [0.1, 0.15) is 24.5 Å². The molecule has 1 saturated heterocycles. The van der Waals surface area contributed by atoms with Gasteiger partial charge in [-0.3, -0.25) is 4.79 Å². The predicted octanol–water partition coefficient (Wildman–Crippen LogP) is 3.76. The second-order valence-electron chi connectivity index (χ2n) is 7.45. The van der Waals surface area contributed by atoms with E-state index in [4.69, 9.17) is 4.74 Å². The molecule has 1 amide bonds. The van der Waals surface area contributed by atoms with Crippen LogP contribution in [0.2, 0.25) is 0 Å². The van der Waals surface area contributed by atoms with Gasteiger partial charge in [0.2, 0.25) is 5.88 Å². The molecule has 7 nitrogen and oxygen atoms in total. The molecule has 0 unspecified atom stereocenters. The largest absolute Gasteiger partial charge is 0.612 e. The highest BCUT2D eigenvalue weighted by molar-refractivity contribution is 8.13. The molecule has 2 aliphatic rings. The van der Waals surface area contributed by atoms with E-state index in [0.29, 0.717) is 48.3 Å². The third-order valence-electron chi connectivity index (χ3n) is 5.51. The molecular weight excluding hydrogens is 439 g/mol. The molecule has 4 rings (SSSR count). The summed E-state index contributed by atoms with van der Waals surface area (Å²) in [6, 6.07) is 4.63. The summed E-state index contributed by atoms with van der Waals surface area (Å²) in [7, 11) is 0. The molecule has 0 saturated carbocycles. The number of likely N-dealkylation sites (tertiary alicyclic amines) is 1. The van der Waals surface area contributed by atoms with Crippen molar-refractivity contribution < 1.29 is 18.5 Å².